The van der Waals surface area contributed by atoms with E-state index in [0.717, 1.165) is 11.3 Å². The average molecular weight is 293 g/mol. The summed E-state index contributed by atoms with van der Waals surface area (Å²) in [4.78, 5) is 16.0. The number of ether oxygens (including phenoxy) is 1. The normalized spacial score (nSPS) is 10.3. The van der Waals surface area contributed by atoms with Crippen molar-refractivity contribution in [2.75, 3.05) is 11.9 Å². The molecule has 0 amide bonds. The van der Waals surface area contributed by atoms with Gasteiger partial charge in [0.15, 0.2) is 10.8 Å². The Hall–Kier alpha value is -2.15. The average Bonchev–Trinajstić information content (AvgIpc) is 3.02. The molecule has 2 aromatic heterocycles. The van der Waals surface area contributed by atoms with Crippen LogP contribution in [0.5, 0.6) is 0 Å². The highest BCUT2D eigenvalue weighted by Crippen LogP contribution is 2.18. The third-order valence-electron chi connectivity index (χ3n) is 2.64. The van der Waals surface area contributed by atoms with Crippen molar-refractivity contribution in [2.24, 2.45) is 0 Å². The standard InChI is InChI=1S/C13H15N3O3S/c1-4-5-14-13-15-11(7-20-13)12(17)18-6-10-8(2)16-19-9(10)3/h4,7H,1,5-6H2,2-3H3,(H,14,15). The number of hydrogen-bond acceptors (Lipinski definition) is 7. The fraction of sp³-hybridized carbons (Fsp3) is 0.308. The molecule has 6 nitrogen and oxygen atoms in total. The molecule has 0 aliphatic carbocycles. The van der Waals surface area contributed by atoms with E-state index >= 15 is 0 Å². The number of hydrogen-bond donors (Lipinski definition) is 1. The predicted molar refractivity (Wildman–Crippen MR) is 75.9 cm³/mol. The van der Waals surface area contributed by atoms with Crippen LogP contribution in [0.4, 0.5) is 5.13 Å². The minimum Gasteiger partial charge on any atom is -0.456 e. The molecule has 2 rings (SSSR count). The molecule has 7 heteroatoms. The molecule has 0 spiro atoms. The van der Waals surface area contributed by atoms with E-state index in [1.807, 2.05) is 0 Å². The van der Waals surface area contributed by atoms with Gasteiger partial charge in [-0.1, -0.05) is 11.2 Å². The van der Waals surface area contributed by atoms with Gasteiger partial charge in [-0.25, -0.2) is 9.78 Å². The van der Waals surface area contributed by atoms with Crippen LogP contribution in [0.15, 0.2) is 22.6 Å². The van der Waals surface area contributed by atoms with E-state index in [4.69, 9.17) is 9.26 Å². The highest BCUT2D eigenvalue weighted by atomic mass is 32.1. The smallest absolute Gasteiger partial charge is 0.358 e. The lowest BCUT2D eigenvalue weighted by Gasteiger charge is -2.02. The molecule has 2 heterocycles. The Morgan fingerprint density at radius 2 is 2.40 bits per heavy atom. The van der Waals surface area contributed by atoms with E-state index in [9.17, 15) is 4.79 Å². The van der Waals surface area contributed by atoms with Crippen LogP contribution in [0, 0.1) is 13.8 Å². The Kier molecular flexibility index (Phi) is 4.52. The lowest BCUT2D eigenvalue weighted by Crippen LogP contribution is -2.07. The first-order chi connectivity index (χ1) is 9.61. The molecule has 0 aliphatic rings. The van der Waals surface area contributed by atoms with E-state index in [0.29, 0.717) is 17.4 Å². The number of aryl methyl sites for hydroxylation is 2. The van der Waals surface area contributed by atoms with Gasteiger partial charge in [-0.2, -0.15) is 0 Å². The number of thiazole rings is 1. The molecule has 106 valence electrons. The van der Waals surface area contributed by atoms with E-state index in [2.05, 4.69) is 22.0 Å². The zero-order valence-corrected chi connectivity index (χ0v) is 12.1. The first kappa shape index (κ1) is 14.3. The number of esters is 1. The number of nitrogens with zero attached hydrogens (tertiary/aromatic N) is 2. The molecule has 0 unspecified atom stereocenters. The van der Waals surface area contributed by atoms with Crippen LogP contribution in [-0.2, 0) is 11.3 Å². The van der Waals surface area contributed by atoms with Crippen LogP contribution in [0.25, 0.3) is 0 Å². The molecule has 0 saturated heterocycles. The van der Waals surface area contributed by atoms with Gasteiger partial charge in [-0.15, -0.1) is 17.9 Å². The molecule has 1 N–H and O–H groups in total. The van der Waals surface area contributed by atoms with Gasteiger partial charge >= 0.3 is 5.97 Å². The minimum absolute atomic E-state index is 0.132. The third-order valence-corrected chi connectivity index (χ3v) is 3.44. The second-order valence-corrected chi connectivity index (χ2v) is 4.94. The van der Waals surface area contributed by atoms with Crippen LogP contribution < -0.4 is 5.32 Å². The van der Waals surface area contributed by atoms with Crippen molar-refractivity contribution in [3.8, 4) is 0 Å². The van der Waals surface area contributed by atoms with Crippen molar-refractivity contribution in [2.45, 2.75) is 20.5 Å². The predicted octanol–water partition coefficient (Wildman–Crippen LogP) is 2.70. The van der Waals surface area contributed by atoms with Gasteiger partial charge in [0.25, 0.3) is 0 Å². The Labute approximate surface area is 120 Å². The lowest BCUT2D eigenvalue weighted by atomic mass is 10.2. The number of carbonyl (C=O) groups excluding carboxylic acids is 1. The zero-order valence-electron chi connectivity index (χ0n) is 11.3. The van der Waals surface area contributed by atoms with Gasteiger partial charge < -0.3 is 14.6 Å². The van der Waals surface area contributed by atoms with Crippen LogP contribution in [0.2, 0.25) is 0 Å². The summed E-state index contributed by atoms with van der Waals surface area (Å²) in [6, 6.07) is 0. The molecule has 2 aromatic rings. The number of nitrogens with one attached hydrogen (secondary N) is 1. The number of aromatic nitrogens is 2. The van der Waals surface area contributed by atoms with E-state index in [-0.39, 0.29) is 12.3 Å². The van der Waals surface area contributed by atoms with Crippen molar-refractivity contribution >= 4 is 22.4 Å². The highest BCUT2D eigenvalue weighted by molar-refractivity contribution is 7.13. The van der Waals surface area contributed by atoms with Crippen LogP contribution >= 0.6 is 11.3 Å². The summed E-state index contributed by atoms with van der Waals surface area (Å²) in [7, 11) is 0. The maximum atomic E-state index is 11.9. The molecule has 0 aliphatic heterocycles. The SMILES string of the molecule is C=CCNc1nc(C(=O)OCc2c(C)noc2C)cs1. The molecule has 0 atom stereocenters. The maximum absolute atomic E-state index is 11.9. The first-order valence-electron chi connectivity index (χ1n) is 6.01. The molecule has 0 bridgehead atoms. The minimum atomic E-state index is -0.465. The lowest BCUT2D eigenvalue weighted by molar-refractivity contribution is 0.0465. The van der Waals surface area contributed by atoms with Crippen LogP contribution in [0.1, 0.15) is 27.5 Å². The Morgan fingerprint density at radius 3 is 3.05 bits per heavy atom. The number of rotatable bonds is 6. The van der Waals surface area contributed by atoms with E-state index in [1.165, 1.54) is 11.3 Å². The molecular weight excluding hydrogens is 278 g/mol. The summed E-state index contributed by atoms with van der Waals surface area (Å²) < 4.78 is 10.2. The first-order valence-corrected chi connectivity index (χ1v) is 6.89. The molecule has 0 fully saturated rings. The Bertz CT molecular complexity index is 599. The second-order valence-electron chi connectivity index (χ2n) is 4.09. The second kappa shape index (κ2) is 6.33. The molecule has 20 heavy (non-hydrogen) atoms. The molecule has 0 radical (unpaired) electrons. The summed E-state index contributed by atoms with van der Waals surface area (Å²) in [5, 5.41) is 9.13. The summed E-state index contributed by atoms with van der Waals surface area (Å²) in [6.45, 7) is 7.92. The Balaban J connectivity index is 1.95. The van der Waals surface area contributed by atoms with Gasteiger partial charge in [0.1, 0.15) is 12.4 Å². The summed E-state index contributed by atoms with van der Waals surface area (Å²) in [5.74, 6) is 0.190. The number of carbonyl (C=O) groups is 1. The monoisotopic (exact) mass is 293 g/mol. The Morgan fingerprint density at radius 1 is 1.60 bits per heavy atom. The molecule has 0 saturated carbocycles. The summed E-state index contributed by atoms with van der Waals surface area (Å²) in [5.41, 5.74) is 1.80. The van der Waals surface area contributed by atoms with Crippen molar-refractivity contribution in [1.82, 2.24) is 10.1 Å². The van der Waals surface area contributed by atoms with Crippen LogP contribution in [0.3, 0.4) is 0 Å². The maximum Gasteiger partial charge on any atom is 0.358 e. The highest BCUT2D eigenvalue weighted by Gasteiger charge is 2.15. The molecular formula is C13H15N3O3S. The fourth-order valence-electron chi connectivity index (χ4n) is 1.53. The topological polar surface area (TPSA) is 77.2 Å². The third kappa shape index (κ3) is 3.24. The van der Waals surface area contributed by atoms with E-state index in [1.54, 1.807) is 25.3 Å². The largest absolute Gasteiger partial charge is 0.456 e. The van der Waals surface area contributed by atoms with Gasteiger partial charge in [-0.05, 0) is 13.8 Å². The van der Waals surface area contributed by atoms with Crippen molar-refractivity contribution < 1.29 is 14.1 Å². The van der Waals surface area contributed by atoms with Crippen LogP contribution in [-0.4, -0.2) is 22.7 Å². The van der Waals surface area contributed by atoms with Crippen molar-refractivity contribution in [1.29, 1.82) is 0 Å². The van der Waals surface area contributed by atoms with Gasteiger partial charge in [0, 0.05) is 11.9 Å². The zero-order chi connectivity index (χ0) is 14.5. The van der Waals surface area contributed by atoms with E-state index < -0.39 is 5.97 Å². The molecule has 0 aromatic carbocycles. The van der Waals surface area contributed by atoms with Crippen molar-refractivity contribution in [3.05, 3.63) is 40.7 Å². The fourth-order valence-corrected chi connectivity index (χ4v) is 2.22. The van der Waals surface area contributed by atoms with Gasteiger partial charge in [-0.3, -0.25) is 0 Å². The summed E-state index contributed by atoms with van der Waals surface area (Å²) in [6.07, 6.45) is 1.72. The quantitative estimate of drug-likeness (QED) is 0.652. The number of anilines is 1. The van der Waals surface area contributed by atoms with Gasteiger partial charge in [0.05, 0.1) is 11.3 Å². The summed E-state index contributed by atoms with van der Waals surface area (Å²) >= 11 is 1.35. The van der Waals surface area contributed by atoms with Crippen molar-refractivity contribution in [3.63, 3.8) is 0 Å². The van der Waals surface area contributed by atoms with Gasteiger partial charge in [0.2, 0.25) is 0 Å².